The molecule has 2 nitrogen and oxygen atoms in total. The third-order valence-electron chi connectivity index (χ3n) is 2.89. The normalized spacial score (nSPS) is 10.5. The maximum atomic E-state index is 11.5. The maximum absolute atomic E-state index is 11.5. The fourth-order valence-corrected chi connectivity index (χ4v) is 2.09. The molecule has 0 spiro atoms. The first-order chi connectivity index (χ1) is 8.81. The van der Waals surface area contributed by atoms with E-state index in [2.05, 4.69) is 23.5 Å². The van der Waals surface area contributed by atoms with Crippen molar-refractivity contribution in [1.82, 2.24) is 5.32 Å². The van der Waals surface area contributed by atoms with Gasteiger partial charge in [0.1, 0.15) is 0 Å². The van der Waals surface area contributed by atoms with Gasteiger partial charge in [-0.05, 0) is 22.8 Å². The third kappa shape index (κ3) is 3.23. The van der Waals surface area contributed by atoms with Gasteiger partial charge in [-0.15, -0.1) is 11.6 Å². The summed E-state index contributed by atoms with van der Waals surface area (Å²) < 4.78 is 0. The summed E-state index contributed by atoms with van der Waals surface area (Å²) in [4.78, 5) is 11.5. The highest BCUT2D eigenvalue weighted by Crippen LogP contribution is 2.18. The van der Waals surface area contributed by atoms with Crippen molar-refractivity contribution in [2.24, 2.45) is 0 Å². The van der Waals surface area contributed by atoms with Gasteiger partial charge in [-0.3, -0.25) is 4.79 Å². The maximum Gasteiger partial charge on any atom is 0.220 e. The number of rotatable bonds is 5. The number of fused-ring (bicyclic) bond motifs is 1. The van der Waals surface area contributed by atoms with E-state index in [1.807, 2.05) is 24.3 Å². The Balaban J connectivity index is 2.05. The number of benzene rings is 2. The van der Waals surface area contributed by atoms with Crippen LogP contribution in [0.25, 0.3) is 10.8 Å². The minimum absolute atomic E-state index is 0.0589. The van der Waals surface area contributed by atoms with Gasteiger partial charge in [0, 0.05) is 18.8 Å². The van der Waals surface area contributed by atoms with Crippen molar-refractivity contribution in [3.63, 3.8) is 0 Å². The number of amides is 1. The zero-order valence-electron chi connectivity index (χ0n) is 10.2. The lowest BCUT2D eigenvalue weighted by Crippen LogP contribution is -2.22. The highest BCUT2D eigenvalue weighted by molar-refractivity contribution is 6.17. The number of hydrogen-bond acceptors (Lipinski definition) is 1. The Hall–Kier alpha value is -1.54. The summed E-state index contributed by atoms with van der Waals surface area (Å²) in [5.41, 5.74) is 1.15. The Labute approximate surface area is 112 Å². The second kappa shape index (κ2) is 6.41. The summed E-state index contributed by atoms with van der Waals surface area (Å²) in [5.74, 6) is 0.588. The number of carbonyl (C=O) groups is 1. The fourth-order valence-electron chi connectivity index (χ4n) is 1.96. The van der Waals surface area contributed by atoms with Crippen LogP contribution in [0.5, 0.6) is 0 Å². The Morgan fingerprint density at radius 1 is 1.11 bits per heavy atom. The molecule has 1 N–H and O–H groups in total. The largest absolute Gasteiger partial charge is 0.352 e. The van der Waals surface area contributed by atoms with Crippen molar-refractivity contribution in [2.75, 3.05) is 5.88 Å². The molecule has 0 aliphatic heterocycles. The van der Waals surface area contributed by atoms with Crippen molar-refractivity contribution in [3.8, 4) is 0 Å². The van der Waals surface area contributed by atoms with E-state index in [1.54, 1.807) is 0 Å². The molecular formula is C15H16ClNO. The zero-order valence-corrected chi connectivity index (χ0v) is 10.9. The first-order valence-corrected chi connectivity index (χ1v) is 6.64. The highest BCUT2D eigenvalue weighted by Gasteiger charge is 2.03. The van der Waals surface area contributed by atoms with Gasteiger partial charge in [-0.2, -0.15) is 0 Å². The van der Waals surface area contributed by atoms with Crippen LogP contribution < -0.4 is 5.32 Å². The summed E-state index contributed by atoms with van der Waals surface area (Å²) in [7, 11) is 0. The van der Waals surface area contributed by atoms with Crippen LogP contribution in [0.15, 0.2) is 42.5 Å². The van der Waals surface area contributed by atoms with Gasteiger partial charge in [0.05, 0.1) is 0 Å². The molecule has 2 aromatic carbocycles. The van der Waals surface area contributed by atoms with Crippen molar-refractivity contribution >= 4 is 28.3 Å². The molecule has 0 heterocycles. The van der Waals surface area contributed by atoms with Crippen molar-refractivity contribution in [2.45, 2.75) is 19.4 Å². The monoisotopic (exact) mass is 261 g/mol. The molecule has 3 heteroatoms. The van der Waals surface area contributed by atoms with Crippen molar-refractivity contribution < 1.29 is 4.79 Å². The van der Waals surface area contributed by atoms with E-state index in [1.165, 1.54) is 10.8 Å². The van der Waals surface area contributed by atoms with Crippen LogP contribution in [-0.2, 0) is 11.3 Å². The fraction of sp³-hybridized carbons (Fsp3) is 0.267. The van der Waals surface area contributed by atoms with E-state index in [0.717, 1.165) is 12.0 Å². The minimum Gasteiger partial charge on any atom is -0.352 e. The van der Waals surface area contributed by atoms with E-state index < -0.39 is 0 Å². The molecular weight excluding hydrogens is 246 g/mol. The van der Waals surface area contributed by atoms with Crippen LogP contribution in [0.3, 0.4) is 0 Å². The van der Waals surface area contributed by atoms with Crippen LogP contribution in [0.4, 0.5) is 0 Å². The van der Waals surface area contributed by atoms with Gasteiger partial charge in [0.2, 0.25) is 5.91 Å². The van der Waals surface area contributed by atoms with Crippen LogP contribution in [0.1, 0.15) is 18.4 Å². The number of halogens is 1. The molecule has 1 amide bonds. The first kappa shape index (κ1) is 12.9. The van der Waals surface area contributed by atoms with E-state index >= 15 is 0 Å². The summed E-state index contributed by atoms with van der Waals surface area (Å²) in [6.07, 6.45) is 1.22. The second-order valence-corrected chi connectivity index (χ2v) is 4.59. The Bertz CT molecular complexity index is 534. The van der Waals surface area contributed by atoms with E-state index in [9.17, 15) is 4.79 Å². The summed E-state index contributed by atoms with van der Waals surface area (Å²) in [5, 5.41) is 5.32. The van der Waals surface area contributed by atoms with Crippen molar-refractivity contribution in [3.05, 3.63) is 48.0 Å². The molecule has 18 heavy (non-hydrogen) atoms. The second-order valence-electron chi connectivity index (χ2n) is 4.21. The lowest BCUT2D eigenvalue weighted by molar-refractivity contribution is -0.121. The predicted molar refractivity (Wildman–Crippen MR) is 75.7 cm³/mol. The summed E-state index contributed by atoms with van der Waals surface area (Å²) >= 11 is 5.56. The number of hydrogen-bond donors (Lipinski definition) is 1. The quantitative estimate of drug-likeness (QED) is 0.821. The molecule has 0 saturated carbocycles. The number of carbonyl (C=O) groups excluding carboxylic acids is 1. The molecule has 0 unspecified atom stereocenters. The molecule has 0 aromatic heterocycles. The lowest BCUT2D eigenvalue weighted by Gasteiger charge is -2.08. The molecule has 0 bridgehead atoms. The third-order valence-corrected chi connectivity index (χ3v) is 3.16. The molecule has 0 aliphatic carbocycles. The average molecular weight is 262 g/mol. The van der Waals surface area contributed by atoms with Crippen molar-refractivity contribution in [1.29, 1.82) is 0 Å². The lowest BCUT2D eigenvalue weighted by atomic mass is 10.0. The Morgan fingerprint density at radius 2 is 1.89 bits per heavy atom. The van der Waals surface area contributed by atoms with Crippen LogP contribution in [0, 0.1) is 0 Å². The molecule has 0 aliphatic rings. The summed E-state index contributed by atoms with van der Waals surface area (Å²) in [6.45, 7) is 0.572. The standard InChI is InChI=1S/C15H16ClNO/c16-10-4-9-15(18)17-11-13-7-3-6-12-5-1-2-8-14(12)13/h1-3,5-8H,4,9-11H2,(H,17,18). The molecule has 0 atom stereocenters. The van der Waals surface area contributed by atoms with Crippen LogP contribution in [-0.4, -0.2) is 11.8 Å². The molecule has 2 rings (SSSR count). The molecule has 0 radical (unpaired) electrons. The molecule has 94 valence electrons. The zero-order chi connectivity index (χ0) is 12.8. The predicted octanol–water partition coefficient (Wildman–Crippen LogP) is 3.48. The van der Waals surface area contributed by atoms with E-state index in [0.29, 0.717) is 18.8 Å². The van der Waals surface area contributed by atoms with E-state index in [4.69, 9.17) is 11.6 Å². The smallest absolute Gasteiger partial charge is 0.220 e. The topological polar surface area (TPSA) is 29.1 Å². The van der Waals surface area contributed by atoms with Gasteiger partial charge < -0.3 is 5.32 Å². The molecule has 0 saturated heterocycles. The Morgan fingerprint density at radius 3 is 2.72 bits per heavy atom. The SMILES string of the molecule is O=C(CCCCl)NCc1cccc2ccccc12. The van der Waals surface area contributed by atoms with Gasteiger partial charge in [0.15, 0.2) is 0 Å². The molecule has 2 aromatic rings. The van der Waals surface area contributed by atoms with Crippen LogP contribution >= 0.6 is 11.6 Å². The Kier molecular flexibility index (Phi) is 4.59. The van der Waals surface area contributed by atoms with E-state index in [-0.39, 0.29) is 5.91 Å². The number of alkyl halides is 1. The number of nitrogens with one attached hydrogen (secondary N) is 1. The van der Waals surface area contributed by atoms with Gasteiger partial charge >= 0.3 is 0 Å². The minimum atomic E-state index is 0.0589. The van der Waals surface area contributed by atoms with Crippen LogP contribution in [0.2, 0.25) is 0 Å². The average Bonchev–Trinajstić information content (AvgIpc) is 2.42. The summed E-state index contributed by atoms with van der Waals surface area (Å²) in [6, 6.07) is 14.3. The van der Waals surface area contributed by atoms with Gasteiger partial charge in [0.25, 0.3) is 0 Å². The first-order valence-electron chi connectivity index (χ1n) is 6.10. The molecule has 0 fully saturated rings. The highest BCUT2D eigenvalue weighted by atomic mass is 35.5. The van der Waals surface area contributed by atoms with Gasteiger partial charge in [-0.1, -0.05) is 42.5 Å². The van der Waals surface area contributed by atoms with Gasteiger partial charge in [-0.25, -0.2) is 0 Å².